The predicted molar refractivity (Wildman–Crippen MR) is 93.6 cm³/mol. The van der Waals surface area contributed by atoms with Gasteiger partial charge in [-0.15, -0.1) is 0 Å². The van der Waals surface area contributed by atoms with Gasteiger partial charge in [-0.25, -0.2) is 0 Å². The lowest BCUT2D eigenvalue weighted by Crippen LogP contribution is -2.03. The maximum absolute atomic E-state index is 11.6. The van der Waals surface area contributed by atoms with Gasteiger partial charge >= 0.3 is 0 Å². The van der Waals surface area contributed by atoms with Crippen molar-refractivity contribution in [1.82, 2.24) is 4.57 Å². The molecule has 2 nitrogen and oxygen atoms in total. The smallest absolute Gasteiger partial charge is 0.254 e. The molecule has 2 heteroatoms. The number of carbonyl (C=O) groups is 1. The fraction of sp³-hybridized carbons (Fsp3) is 0.350. The van der Waals surface area contributed by atoms with Gasteiger partial charge in [-0.2, -0.15) is 0 Å². The van der Waals surface area contributed by atoms with Crippen molar-refractivity contribution in [1.29, 1.82) is 0 Å². The molecule has 0 saturated carbocycles. The van der Waals surface area contributed by atoms with Crippen LogP contribution in [0.1, 0.15) is 50.2 Å². The zero-order valence-electron chi connectivity index (χ0n) is 13.4. The second-order valence-electron chi connectivity index (χ2n) is 4.97. The molecule has 0 fully saturated rings. The molecule has 0 amide bonds. The van der Waals surface area contributed by atoms with Crippen LogP contribution in [-0.4, -0.2) is 10.5 Å². The minimum atomic E-state index is -0.00720. The molecular weight excluding hydrogens is 270 g/mol. The molecule has 0 spiro atoms. The van der Waals surface area contributed by atoms with Gasteiger partial charge in [0.1, 0.15) is 0 Å². The molecular formula is C20H25NO. The molecule has 1 aromatic rings. The minimum absolute atomic E-state index is 0.00720. The lowest BCUT2D eigenvalue weighted by Gasteiger charge is -1.93. The Morgan fingerprint density at radius 1 is 1.09 bits per heavy atom. The second-order valence-corrected chi connectivity index (χ2v) is 4.97. The largest absolute Gasteiger partial charge is 0.291 e. The van der Waals surface area contributed by atoms with E-state index >= 15 is 0 Å². The van der Waals surface area contributed by atoms with E-state index in [1.807, 2.05) is 36.4 Å². The third-order valence-corrected chi connectivity index (χ3v) is 3.05. The number of carbonyl (C=O) groups excluding carboxylic acids is 1. The van der Waals surface area contributed by atoms with Gasteiger partial charge in [-0.05, 0) is 43.5 Å². The fourth-order valence-corrected chi connectivity index (χ4v) is 1.82. The number of unbranched alkanes of at least 4 members (excludes halogenated alkanes) is 4. The predicted octanol–water partition coefficient (Wildman–Crippen LogP) is 5.16. The van der Waals surface area contributed by atoms with Crippen molar-refractivity contribution in [3.63, 3.8) is 0 Å². The Morgan fingerprint density at radius 3 is 2.64 bits per heavy atom. The summed E-state index contributed by atoms with van der Waals surface area (Å²) in [7, 11) is 0. The van der Waals surface area contributed by atoms with Crippen LogP contribution in [0, 0.1) is 11.8 Å². The van der Waals surface area contributed by atoms with E-state index in [4.69, 9.17) is 0 Å². The minimum Gasteiger partial charge on any atom is -0.291 e. The summed E-state index contributed by atoms with van der Waals surface area (Å²) < 4.78 is 1.56. The zero-order chi connectivity index (χ0) is 15.9. The van der Waals surface area contributed by atoms with Crippen molar-refractivity contribution in [2.45, 2.75) is 45.4 Å². The van der Waals surface area contributed by atoms with Crippen molar-refractivity contribution < 1.29 is 4.79 Å². The summed E-state index contributed by atoms with van der Waals surface area (Å²) in [5, 5.41) is 0. The van der Waals surface area contributed by atoms with Crippen LogP contribution in [0.2, 0.25) is 0 Å². The Kier molecular flexibility index (Phi) is 10.1. The Hall–Kier alpha value is -2.27. The van der Waals surface area contributed by atoms with Crippen LogP contribution in [0.4, 0.5) is 0 Å². The molecule has 1 rings (SSSR count). The molecule has 0 saturated heterocycles. The number of hydrogen-bond donors (Lipinski definition) is 0. The summed E-state index contributed by atoms with van der Waals surface area (Å²) in [6.07, 6.45) is 21.4. The van der Waals surface area contributed by atoms with E-state index < -0.39 is 0 Å². The van der Waals surface area contributed by atoms with Crippen LogP contribution < -0.4 is 0 Å². The van der Waals surface area contributed by atoms with E-state index in [0.717, 1.165) is 19.3 Å². The topological polar surface area (TPSA) is 22.0 Å². The Balaban J connectivity index is 2.10. The summed E-state index contributed by atoms with van der Waals surface area (Å²) in [6, 6.07) is 3.68. The summed E-state index contributed by atoms with van der Waals surface area (Å²) in [5.74, 6) is 6.16. The first-order valence-corrected chi connectivity index (χ1v) is 7.98. The molecule has 1 aromatic heterocycles. The van der Waals surface area contributed by atoms with Crippen molar-refractivity contribution in [2.75, 3.05) is 0 Å². The number of allylic oxidation sites excluding steroid dienone is 6. The highest BCUT2D eigenvalue weighted by molar-refractivity contribution is 5.89. The fourth-order valence-electron chi connectivity index (χ4n) is 1.82. The monoisotopic (exact) mass is 295 g/mol. The first-order valence-electron chi connectivity index (χ1n) is 7.98. The van der Waals surface area contributed by atoms with Gasteiger partial charge < -0.3 is 0 Å². The van der Waals surface area contributed by atoms with E-state index in [2.05, 4.69) is 24.8 Å². The highest BCUT2D eigenvalue weighted by Crippen LogP contribution is 1.97. The molecule has 0 radical (unpaired) electrons. The quantitative estimate of drug-likeness (QED) is 0.281. The molecule has 1 heterocycles. The van der Waals surface area contributed by atoms with Gasteiger partial charge in [0.15, 0.2) is 0 Å². The van der Waals surface area contributed by atoms with Gasteiger partial charge in [0, 0.05) is 18.8 Å². The van der Waals surface area contributed by atoms with Crippen LogP contribution in [0.3, 0.4) is 0 Å². The molecule has 0 N–H and O–H groups in total. The molecule has 0 aliphatic heterocycles. The van der Waals surface area contributed by atoms with Gasteiger partial charge in [-0.3, -0.25) is 9.36 Å². The number of aromatic nitrogens is 1. The average molecular weight is 295 g/mol. The normalized spacial score (nSPS) is 11.3. The third kappa shape index (κ3) is 8.81. The molecule has 0 unspecified atom stereocenters. The van der Waals surface area contributed by atoms with Crippen LogP contribution in [0.15, 0.2) is 61.0 Å². The zero-order valence-corrected chi connectivity index (χ0v) is 13.4. The lowest BCUT2D eigenvalue weighted by molar-refractivity contribution is 0.0969. The van der Waals surface area contributed by atoms with Gasteiger partial charge in [0.2, 0.25) is 0 Å². The highest BCUT2D eigenvalue weighted by Gasteiger charge is 1.95. The van der Waals surface area contributed by atoms with E-state index in [1.54, 1.807) is 23.0 Å². The van der Waals surface area contributed by atoms with Crippen LogP contribution in [0.5, 0.6) is 0 Å². The van der Waals surface area contributed by atoms with Crippen molar-refractivity contribution >= 4 is 5.91 Å². The van der Waals surface area contributed by atoms with Gasteiger partial charge in [-0.1, -0.05) is 55.9 Å². The Bertz CT molecular complexity index is 550. The van der Waals surface area contributed by atoms with Gasteiger partial charge in [0.05, 0.1) is 0 Å². The summed E-state index contributed by atoms with van der Waals surface area (Å²) in [5.41, 5.74) is 0. The lowest BCUT2D eigenvalue weighted by atomic mass is 10.2. The number of nitrogens with zero attached hydrogens (tertiary/aromatic N) is 1. The molecule has 0 aliphatic carbocycles. The van der Waals surface area contributed by atoms with Gasteiger partial charge in [0.25, 0.3) is 5.91 Å². The highest BCUT2D eigenvalue weighted by atomic mass is 16.1. The second kappa shape index (κ2) is 12.5. The van der Waals surface area contributed by atoms with Crippen molar-refractivity contribution in [3.8, 4) is 11.8 Å². The molecule has 22 heavy (non-hydrogen) atoms. The van der Waals surface area contributed by atoms with E-state index in [1.165, 1.54) is 19.3 Å². The average Bonchev–Trinajstić information content (AvgIpc) is 3.06. The molecule has 116 valence electrons. The Labute approximate surface area is 134 Å². The van der Waals surface area contributed by atoms with E-state index in [9.17, 15) is 4.79 Å². The maximum Gasteiger partial charge on any atom is 0.254 e. The summed E-state index contributed by atoms with van der Waals surface area (Å²) in [4.78, 5) is 11.6. The number of rotatable bonds is 8. The third-order valence-electron chi connectivity index (χ3n) is 3.05. The Morgan fingerprint density at radius 2 is 1.86 bits per heavy atom. The SMILES string of the molecule is CCCCCC#CC=CC=CCCC=CC(=O)n1cccc1. The van der Waals surface area contributed by atoms with Crippen molar-refractivity contribution in [2.24, 2.45) is 0 Å². The van der Waals surface area contributed by atoms with Crippen LogP contribution in [0.25, 0.3) is 0 Å². The molecule has 0 aliphatic rings. The standard InChI is InChI=1S/C20H25NO/c1-2-3-4-5-6-7-8-9-10-11-12-13-14-17-20(22)21-18-15-16-19-21/h8-11,14-19H,2-5,12-13H2,1H3. The summed E-state index contributed by atoms with van der Waals surface area (Å²) >= 11 is 0. The van der Waals surface area contributed by atoms with Crippen LogP contribution >= 0.6 is 0 Å². The summed E-state index contributed by atoms with van der Waals surface area (Å²) in [6.45, 7) is 2.20. The van der Waals surface area contributed by atoms with E-state index in [-0.39, 0.29) is 5.91 Å². The van der Waals surface area contributed by atoms with Crippen LogP contribution in [-0.2, 0) is 0 Å². The maximum atomic E-state index is 11.6. The van der Waals surface area contributed by atoms with E-state index in [0.29, 0.717) is 0 Å². The molecule has 0 bridgehead atoms. The molecule has 0 atom stereocenters. The molecule has 0 aromatic carbocycles. The van der Waals surface area contributed by atoms with Crippen molar-refractivity contribution in [3.05, 3.63) is 61.0 Å². The first-order chi connectivity index (χ1) is 10.8. The first kappa shape index (κ1) is 17.8. The number of hydrogen-bond acceptors (Lipinski definition) is 1.